The van der Waals surface area contributed by atoms with Gasteiger partial charge in [-0.05, 0) is 24.7 Å². The fourth-order valence-electron chi connectivity index (χ4n) is 1.22. The molecule has 11 heavy (non-hydrogen) atoms. The summed E-state index contributed by atoms with van der Waals surface area (Å²) in [5, 5.41) is 0. The molecule has 0 saturated heterocycles. The lowest BCUT2D eigenvalue weighted by Gasteiger charge is -2.19. The lowest BCUT2D eigenvalue weighted by molar-refractivity contribution is 0.0538. The van der Waals surface area contributed by atoms with Crippen molar-refractivity contribution in [2.24, 2.45) is 11.8 Å². The van der Waals surface area contributed by atoms with Gasteiger partial charge in [-0.3, -0.25) is 0 Å². The molecule has 0 saturated carbocycles. The monoisotopic (exact) mass is 158 g/mol. The molecule has 1 heteroatoms. The first kappa shape index (κ1) is 11.0. The maximum absolute atomic E-state index is 5.36. The first-order valence-corrected chi connectivity index (χ1v) is 4.60. The molecular weight excluding hydrogens is 136 g/mol. The summed E-state index contributed by atoms with van der Waals surface area (Å²) < 4.78 is 5.36. The Hall–Kier alpha value is -0.0400. The Labute approximate surface area is 71.1 Å². The Balaban J connectivity index is 3.52. The van der Waals surface area contributed by atoms with Crippen LogP contribution in [0.25, 0.3) is 0 Å². The smallest absolute Gasteiger partial charge is 0.0594 e. The molecule has 0 spiro atoms. The van der Waals surface area contributed by atoms with Crippen molar-refractivity contribution in [2.45, 2.75) is 46.6 Å². The number of hydrogen-bond donors (Lipinski definition) is 0. The molecule has 1 nitrogen and oxygen atoms in total. The van der Waals surface area contributed by atoms with Crippen molar-refractivity contribution in [3.8, 4) is 0 Å². The summed E-state index contributed by atoms with van der Waals surface area (Å²) in [5.74, 6) is 1.45. The Morgan fingerprint density at radius 3 is 1.82 bits per heavy atom. The molecule has 1 atom stereocenters. The predicted octanol–water partition coefficient (Wildman–Crippen LogP) is 3.09. The molecule has 0 aromatic rings. The lowest BCUT2D eigenvalue weighted by Crippen LogP contribution is -2.18. The Bertz CT molecular complexity index is 86.9. The van der Waals surface area contributed by atoms with E-state index in [2.05, 4.69) is 27.7 Å². The molecule has 0 rings (SSSR count). The Morgan fingerprint density at radius 1 is 1.00 bits per heavy atom. The van der Waals surface area contributed by atoms with E-state index in [0.717, 1.165) is 5.92 Å². The average Bonchev–Trinajstić information content (AvgIpc) is 1.87. The molecule has 0 aliphatic carbocycles. The van der Waals surface area contributed by atoms with Gasteiger partial charge in [0.05, 0.1) is 6.10 Å². The predicted molar refractivity (Wildman–Crippen MR) is 49.7 cm³/mol. The summed E-state index contributed by atoms with van der Waals surface area (Å²) in [4.78, 5) is 0. The first-order chi connectivity index (χ1) is 5.07. The third-order valence-corrected chi connectivity index (χ3v) is 2.07. The zero-order valence-electron chi connectivity index (χ0n) is 8.55. The van der Waals surface area contributed by atoms with E-state index in [-0.39, 0.29) is 0 Å². The van der Waals surface area contributed by atoms with Crippen LogP contribution in [0.4, 0.5) is 0 Å². The van der Waals surface area contributed by atoms with E-state index in [0.29, 0.717) is 12.0 Å². The van der Waals surface area contributed by atoms with Gasteiger partial charge in [-0.1, -0.05) is 27.7 Å². The molecule has 0 N–H and O–H groups in total. The average molecular weight is 158 g/mol. The highest BCUT2D eigenvalue weighted by Gasteiger charge is 2.11. The molecule has 0 bridgehead atoms. The van der Waals surface area contributed by atoms with E-state index in [1.54, 1.807) is 0 Å². The highest BCUT2D eigenvalue weighted by molar-refractivity contribution is 4.62. The van der Waals surface area contributed by atoms with Crippen LogP contribution in [-0.4, -0.2) is 13.2 Å². The van der Waals surface area contributed by atoms with Crippen LogP contribution in [0.15, 0.2) is 0 Å². The molecular formula is C10H22O. The fraction of sp³-hybridized carbons (Fsp3) is 1.00. The molecule has 0 radical (unpaired) electrons. The molecule has 0 heterocycles. The topological polar surface area (TPSA) is 9.23 Å². The lowest BCUT2D eigenvalue weighted by atomic mass is 9.98. The third-order valence-electron chi connectivity index (χ3n) is 2.07. The molecule has 0 fully saturated rings. The van der Waals surface area contributed by atoms with E-state index in [4.69, 9.17) is 4.74 Å². The molecule has 0 aromatic heterocycles. The highest BCUT2D eigenvalue weighted by Crippen LogP contribution is 2.15. The zero-order chi connectivity index (χ0) is 8.85. The van der Waals surface area contributed by atoms with Crippen molar-refractivity contribution < 1.29 is 4.74 Å². The van der Waals surface area contributed by atoms with Crippen molar-refractivity contribution in [1.29, 1.82) is 0 Å². The molecule has 0 aliphatic rings. The van der Waals surface area contributed by atoms with Crippen LogP contribution >= 0.6 is 0 Å². The van der Waals surface area contributed by atoms with Crippen molar-refractivity contribution >= 4 is 0 Å². The zero-order valence-corrected chi connectivity index (χ0v) is 8.55. The SMILES string of the molecule is COC(CCC(C)C)C(C)C. The summed E-state index contributed by atoms with van der Waals surface area (Å²) in [6.45, 7) is 8.95. The summed E-state index contributed by atoms with van der Waals surface area (Å²) in [6, 6.07) is 0. The van der Waals surface area contributed by atoms with Crippen LogP contribution in [0.5, 0.6) is 0 Å². The minimum atomic E-state index is 0.456. The van der Waals surface area contributed by atoms with Gasteiger partial charge in [-0.25, -0.2) is 0 Å². The fourth-order valence-corrected chi connectivity index (χ4v) is 1.22. The van der Waals surface area contributed by atoms with E-state index in [9.17, 15) is 0 Å². The second-order valence-corrected chi connectivity index (χ2v) is 3.99. The Kier molecular flexibility index (Phi) is 5.57. The molecule has 0 aromatic carbocycles. The van der Waals surface area contributed by atoms with Gasteiger partial charge in [0.2, 0.25) is 0 Å². The number of methoxy groups -OCH3 is 1. The van der Waals surface area contributed by atoms with Crippen molar-refractivity contribution in [3.05, 3.63) is 0 Å². The summed E-state index contributed by atoms with van der Waals surface area (Å²) in [5.41, 5.74) is 0. The van der Waals surface area contributed by atoms with Gasteiger partial charge in [-0.2, -0.15) is 0 Å². The van der Waals surface area contributed by atoms with Gasteiger partial charge in [0.1, 0.15) is 0 Å². The van der Waals surface area contributed by atoms with Crippen molar-refractivity contribution in [1.82, 2.24) is 0 Å². The minimum absolute atomic E-state index is 0.456. The second kappa shape index (κ2) is 5.59. The normalized spacial score (nSPS) is 14.5. The van der Waals surface area contributed by atoms with E-state index < -0.39 is 0 Å². The number of hydrogen-bond acceptors (Lipinski definition) is 1. The quantitative estimate of drug-likeness (QED) is 0.597. The van der Waals surface area contributed by atoms with Gasteiger partial charge < -0.3 is 4.74 Å². The maximum atomic E-state index is 5.36. The largest absolute Gasteiger partial charge is 0.381 e. The molecule has 1 unspecified atom stereocenters. The van der Waals surface area contributed by atoms with Crippen molar-refractivity contribution in [2.75, 3.05) is 7.11 Å². The van der Waals surface area contributed by atoms with Crippen LogP contribution in [0.1, 0.15) is 40.5 Å². The van der Waals surface area contributed by atoms with E-state index >= 15 is 0 Å². The highest BCUT2D eigenvalue weighted by atomic mass is 16.5. The van der Waals surface area contributed by atoms with Gasteiger partial charge in [-0.15, -0.1) is 0 Å². The molecule has 68 valence electrons. The standard InChI is InChI=1S/C10H22O/c1-8(2)6-7-10(11-5)9(3)4/h8-10H,6-7H2,1-5H3. The van der Waals surface area contributed by atoms with E-state index in [1.807, 2.05) is 7.11 Å². The van der Waals surface area contributed by atoms with Crippen LogP contribution in [0.3, 0.4) is 0 Å². The minimum Gasteiger partial charge on any atom is -0.381 e. The van der Waals surface area contributed by atoms with Crippen molar-refractivity contribution in [3.63, 3.8) is 0 Å². The summed E-state index contributed by atoms with van der Waals surface area (Å²) in [7, 11) is 1.81. The Morgan fingerprint density at radius 2 is 1.55 bits per heavy atom. The van der Waals surface area contributed by atoms with Crippen LogP contribution in [0.2, 0.25) is 0 Å². The number of rotatable bonds is 5. The van der Waals surface area contributed by atoms with Gasteiger partial charge in [0.25, 0.3) is 0 Å². The van der Waals surface area contributed by atoms with Crippen LogP contribution < -0.4 is 0 Å². The van der Waals surface area contributed by atoms with Crippen LogP contribution in [0, 0.1) is 11.8 Å². The third kappa shape index (κ3) is 5.25. The summed E-state index contributed by atoms with van der Waals surface area (Å²) >= 11 is 0. The van der Waals surface area contributed by atoms with Crippen LogP contribution in [-0.2, 0) is 4.74 Å². The van der Waals surface area contributed by atoms with E-state index in [1.165, 1.54) is 12.8 Å². The van der Waals surface area contributed by atoms with Gasteiger partial charge in [0, 0.05) is 7.11 Å². The van der Waals surface area contributed by atoms with Gasteiger partial charge in [0.15, 0.2) is 0 Å². The molecule has 0 amide bonds. The first-order valence-electron chi connectivity index (χ1n) is 4.60. The summed E-state index contributed by atoms with van der Waals surface area (Å²) in [6.07, 6.45) is 2.93. The van der Waals surface area contributed by atoms with Gasteiger partial charge >= 0.3 is 0 Å². The maximum Gasteiger partial charge on any atom is 0.0594 e. The molecule has 0 aliphatic heterocycles. The number of ether oxygens (including phenoxy) is 1. The second-order valence-electron chi connectivity index (χ2n) is 3.99.